The Morgan fingerprint density at radius 2 is 2.00 bits per heavy atom. The van der Waals surface area contributed by atoms with E-state index in [1.165, 1.54) is 64.8 Å². The first-order chi connectivity index (χ1) is 8.33. The van der Waals surface area contributed by atoms with Crippen molar-refractivity contribution in [3.05, 3.63) is 0 Å². The fourth-order valence-corrected chi connectivity index (χ4v) is 3.33. The van der Waals surface area contributed by atoms with E-state index < -0.39 is 0 Å². The molecule has 3 heteroatoms. The summed E-state index contributed by atoms with van der Waals surface area (Å²) in [5, 5.41) is 3.67. The summed E-state index contributed by atoms with van der Waals surface area (Å²) in [5.41, 5.74) is 0. The summed E-state index contributed by atoms with van der Waals surface area (Å²) in [6, 6.07) is 2.44. The van der Waals surface area contributed by atoms with E-state index in [9.17, 15) is 0 Å². The van der Waals surface area contributed by atoms with Gasteiger partial charge in [0.1, 0.15) is 0 Å². The standard InChI is InChI=1S/C14H27N3/c1-12(10-15-13-5-6-13)17-9-8-16-7-3-2-4-14(16)11-17/h12-15H,2-11H2,1H3. The third-order valence-corrected chi connectivity index (χ3v) is 4.77. The number of piperazine rings is 1. The lowest BCUT2D eigenvalue weighted by Gasteiger charge is -2.46. The van der Waals surface area contributed by atoms with Crippen molar-refractivity contribution in [2.45, 2.75) is 57.2 Å². The van der Waals surface area contributed by atoms with E-state index in [1.54, 1.807) is 0 Å². The van der Waals surface area contributed by atoms with E-state index in [0.717, 1.165) is 18.1 Å². The Morgan fingerprint density at radius 1 is 1.12 bits per heavy atom. The summed E-state index contributed by atoms with van der Waals surface area (Å²) < 4.78 is 0. The van der Waals surface area contributed by atoms with Crippen LogP contribution in [0.25, 0.3) is 0 Å². The second kappa shape index (κ2) is 5.25. The van der Waals surface area contributed by atoms with E-state index in [1.807, 2.05) is 0 Å². The Balaban J connectivity index is 1.46. The molecule has 0 amide bonds. The molecule has 1 N–H and O–H groups in total. The molecule has 1 aliphatic carbocycles. The number of nitrogens with one attached hydrogen (secondary N) is 1. The maximum atomic E-state index is 3.67. The quantitative estimate of drug-likeness (QED) is 0.795. The van der Waals surface area contributed by atoms with Crippen LogP contribution in [-0.2, 0) is 0 Å². The number of hydrogen-bond donors (Lipinski definition) is 1. The second-order valence-electron chi connectivity index (χ2n) is 6.21. The first kappa shape index (κ1) is 11.9. The van der Waals surface area contributed by atoms with Gasteiger partial charge in [-0.15, -0.1) is 0 Å². The molecule has 0 radical (unpaired) electrons. The third kappa shape index (κ3) is 3.01. The molecule has 17 heavy (non-hydrogen) atoms. The molecule has 3 fully saturated rings. The van der Waals surface area contributed by atoms with Crippen molar-refractivity contribution in [2.75, 3.05) is 32.7 Å². The minimum Gasteiger partial charge on any atom is -0.312 e. The van der Waals surface area contributed by atoms with Crippen LogP contribution in [0.2, 0.25) is 0 Å². The first-order valence-electron chi connectivity index (χ1n) is 7.54. The van der Waals surface area contributed by atoms with Gasteiger partial charge in [0, 0.05) is 44.3 Å². The highest BCUT2D eigenvalue weighted by Crippen LogP contribution is 2.23. The SMILES string of the molecule is CC(CNC1CC1)N1CCN2CCCCC2C1. The van der Waals surface area contributed by atoms with Gasteiger partial charge in [0.05, 0.1) is 0 Å². The van der Waals surface area contributed by atoms with Gasteiger partial charge in [-0.25, -0.2) is 0 Å². The molecule has 98 valence electrons. The van der Waals surface area contributed by atoms with Gasteiger partial charge in [-0.05, 0) is 39.2 Å². The second-order valence-corrected chi connectivity index (χ2v) is 6.21. The van der Waals surface area contributed by atoms with Crippen LogP contribution in [0.5, 0.6) is 0 Å². The molecule has 0 spiro atoms. The Morgan fingerprint density at radius 3 is 2.82 bits per heavy atom. The lowest BCUT2D eigenvalue weighted by atomic mass is 9.99. The van der Waals surface area contributed by atoms with Crippen LogP contribution >= 0.6 is 0 Å². The highest BCUT2D eigenvalue weighted by molar-refractivity contribution is 4.89. The van der Waals surface area contributed by atoms with E-state index in [4.69, 9.17) is 0 Å². The van der Waals surface area contributed by atoms with Crippen molar-refractivity contribution in [1.82, 2.24) is 15.1 Å². The highest BCUT2D eigenvalue weighted by Gasteiger charge is 2.31. The molecular formula is C14H27N3. The predicted octanol–water partition coefficient (Wildman–Crippen LogP) is 1.30. The summed E-state index contributed by atoms with van der Waals surface area (Å²) in [7, 11) is 0. The van der Waals surface area contributed by atoms with Gasteiger partial charge in [0.2, 0.25) is 0 Å². The van der Waals surface area contributed by atoms with E-state index in [0.29, 0.717) is 0 Å². The largest absolute Gasteiger partial charge is 0.312 e. The van der Waals surface area contributed by atoms with Gasteiger partial charge in [-0.1, -0.05) is 6.42 Å². The molecule has 0 aromatic heterocycles. The fraction of sp³-hybridized carbons (Fsp3) is 1.00. The van der Waals surface area contributed by atoms with Crippen molar-refractivity contribution in [2.24, 2.45) is 0 Å². The van der Waals surface area contributed by atoms with Gasteiger partial charge in [0.25, 0.3) is 0 Å². The van der Waals surface area contributed by atoms with Gasteiger partial charge in [-0.2, -0.15) is 0 Å². The zero-order valence-corrected chi connectivity index (χ0v) is 11.2. The lowest BCUT2D eigenvalue weighted by Crippen LogP contribution is -2.58. The van der Waals surface area contributed by atoms with Crippen LogP contribution in [0.15, 0.2) is 0 Å². The molecule has 0 bridgehead atoms. The maximum Gasteiger partial charge on any atom is 0.0223 e. The zero-order chi connectivity index (χ0) is 11.7. The summed E-state index contributed by atoms with van der Waals surface area (Å²) in [6.45, 7) is 8.84. The molecule has 3 aliphatic rings. The molecule has 2 unspecified atom stereocenters. The van der Waals surface area contributed by atoms with E-state index in [-0.39, 0.29) is 0 Å². The smallest absolute Gasteiger partial charge is 0.0223 e. The first-order valence-corrected chi connectivity index (χ1v) is 7.54. The Hall–Kier alpha value is -0.120. The normalized spacial score (nSPS) is 33.4. The number of fused-ring (bicyclic) bond motifs is 1. The molecule has 0 aromatic carbocycles. The van der Waals surface area contributed by atoms with Crippen molar-refractivity contribution >= 4 is 0 Å². The van der Waals surface area contributed by atoms with Crippen LogP contribution in [-0.4, -0.2) is 60.6 Å². The van der Waals surface area contributed by atoms with Gasteiger partial charge < -0.3 is 5.32 Å². The van der Waals surface area contributed by atoms with Crippen LogP contribution in [0.4, 0.5) is 0 Å². The number of rotatable bonds is 4. The summed E-state index contributed by atoms with van der Waals surface area (Å²) in [6.07, 6.45) is 7.12. The predicted molar refractivity (Wildman–Crippen MR) is 71.3 cm³/mol. The van der Waals surface area contributed by atoms with E-state index >= 15 is 0 Å². The average Bonchev–Trinajstić information content (AvgIpc) is 3.19. The summed E-state index contributed by atoms with van der Waals surface area (Å²) in [4.78, 5) is 5.43. The highest BCUT2D eigenvalue weighted by atomic mass is 15.3. The zero-order valence-electron chi connectivity index (χ0n) is 11.2. The van der Waals surface area contributed by atoms with Crippen LogP contribution < -0.4 is 5.32 Å². The molecule has 1 saturated carbocycles. The van der Waals surface area contributed by atoms with Gasteiger partial charge >= 0.3 is 0 Å². The van der Waals surface area contributed by atoms with Crippen molar-refractivity contribution in [1.29, 1.82) is 0 Å². The molecule has 0 aromatic rings. The Bertz CT molecular complexity index is 252. The fourth-order valence-electron chi connectivity index (χ4n) is 3.33. The van der Waals surface area contributed by atoms with Crippen molar-refractivity contribution in [3.63, 3.8) is 0 Å². The number of nitrogens with zero attached hydrogens (tertiary/aromatic N) is 2. The van der Waals surface area contributed by atoms with Gasteiger partial charge in [-0.3, -0.25) is 9.80 Å². The monoisotopic (exact) mass is 237 g/mol. The summed E-state index contributed by atoms with van der Waals surface area (Å²) in [5.74, 6) is 0. The average molecular weight is 237 g/mol. The molecule has 2 atom stereocenters. The molecule has 2 aliphatic heterocycles. The van der Waals surface area contributed by atoms with E-state index in [2.05, 4.69) is 22.0 Å². The number of piperidine rings is 1. The molecule has 2 heterocycles. The van der Waals surface area contributed by atoms with Gasteiger partial charge in [0.15, 0.2) is 0 Å². The third-order valence-electron chi connectivity index (χ3n) is 4.77. The minimum atomic E-state index is 0.722. The molecule has 3 rings (SSSR count). The Kier molecular flexibility index (Phi) is 3.69. The molecular weight excluding hydrogens is 210 g/mol. The maximum absolute atomic E-state index is 3.67. The molecule has 2 saturated heterocycles. The Labute approximate surface area is 106 Å². The van der Waals surface area contributed by atoms with Crippen LogP contribution in [0, 0.1) is 0 Å². The minimum absolute atomic E-state index is 0.722. The lowest BCUT2D eigenvalue weighted by molar-refractivity contribution is 0.0311. The van der Waals surface area contributed by atoms with Crippen LogP contribution in [0.3, 0.4) is 0 Å². The topological polar surface area (TPSA) is 18.5 Å². The van der Waals surface area contributed by atoms with Crippen molar-refractivity contribution in [3.8, 4) is 0 Å². The summed E-state index contributed by atoms with van der Waals surface area (Å²) >= 11 is 0. The van der Waals surface area contributed by atoms with Crippen LogP contribution in [0.1, 0.15) is 39.0 Å². The van der Waals surface area contributed by atoms with Crippen molar-refractivity contribution < 1.29 is 0 Å². The molecule has 3 nitrogen and oxygen atoms in total. The number of hydrogen-bond acceptors (Lipinski definition) is 3.